The summed E-state index contributed by atoms with van der Waals surface area (Å²) in [6.07, 6.45) is 2.26. The number of hydrogen-bond acceptors (Lipinski definition) is 4. The van der Waals surface area contributed by atoms with Gasteiger partial charge < -0.3 is 10.2 Å². The fourth-order valence-electron chi connectivity index (χ4n) is 2.34. The minimum absolute atomic E-state index is 0.524. The van der Waals surface area contributed by atoms with E-state index in [0.29, 0.717) is 16.7 Å². The van der Waals surface area contributed by atoms with Crippen molar-refractivity contribution in [2.24, 2.45) is 0 Å². The molecule has 0 aliphatic carbocycles. The highest BCUT2D eigenvalue weighted by atomic mass is 16.8. The Morgan fingerprint density at radius 1 is 1.39 bits per heavy atom. The molecule has 1 aromatic carbocycles. The summed E-state index contributed by atoms with van der Waals surface area (Å²) in [6, 6.07) is 8.04. The van der Waals surface area contributed by atoms with Crippen LogP contribution in [0, 0.1) is 4.91 Å². The molecule has 1 aliphatic rings. The number of piperidine rings is 1. The molecular weight excluding hydrogens is 230 g/mol. The molecule has 0 unspecified atom stereocenters. The molecule has 18 heavy (non-hydrogen) atoms. The van der Waals surface area contributed by atoms with Gasteiger partial charge in [-0.15, -0.1) is 0 Å². The van der Waals surface area contributed by atoms with Crippen LogP contribution in [-0.2, 0) is 4.84 Å². The number of nitrogens with zero attached hydrogens (tertiary/aromatic N) is 2. The lowest BCUT2D eigenvalue weighted by Gasteiger charge is -2.33. The highest BCUT2D eigenvalue weighted by molar-refractivity contribution is 5.53. The van der Waals surface area contributed by atoms with E-state index in [0.717, 1.165) is 31.6 Å². The summed E-state index contributed by atoms with van der Waals surface area (Å²) in [4.78, 5) is 18.9. The van der Waals surface area contributed by atoms with Crippen LogP contribution in [-0.4, -0.2) is 38.2 Å². The van der Waals surface area contributed by atoms with Crippen molar-refractivity contribution < 1.29 is 9.76 Å². The van der Waals surface area contributed by atoms with Gasteiger partial charge in [0.25, 0.3) is 4.92 Å². The van der Waals surface area contributed by atoms with Crippen molar-refractivity contribution in [3.63, 3.8) is 0 Å². The maximum Gasteiger partial charge on any atom is 0.318 e. The van der Waals surface area contributed by atoms with E-state index in [1.807, 2.05) is 18.2 Å². The molecule has 5 heteroatoms. The van der Waals surface area contributed by atoms with Crippen LogP contribution in [0.15, 0.2) is 24.3 Å². The molecule has 0 amide bonds. The molecule has 0 aromatic heterocycles. The summed E-state index contributed by atoms with van der Waals surface area (Å²) in [7, 11) is 3.45. The van der Waals surface area contributed by atoms with Crippen molar-refractivity contribution in [3.8, 4) is 0 Å². The summed E-state index contributed by atoms with van der Waals surface area (Å²) in [6.45, 7) is 2.11. The van der Waals surface area contributed by atoms with Crippen LogP contribution in [0.2, 0.25) is 0 Å². The smallest absolute Gasteiger partial charge is 0.318 e. The zero-order valence-electron chi connectivity index (χ0n) is 10.9. The van der Waals surface area contributed by atoms with Crippen LogP contribution < -0.4 is 10.2 Å². The molecule has 1 aromatic rings. The fourth-order valence-corrected chi connectivity index (χ4v) is 2.34. The first-order valence-corrected chi connectivity index (χ1v) is 6.27. The van der Waals surface area contributed by atoms with Gasteiger partial charge in [-0.1, -0.05) is 6.07 Å². The van der Waals surface area contributed by atoms with Crippen LogP contribution >= 0.6 is 0 Å². The van der Waals surface area contributed by atoms with E-state index in [4.69, 9.17) is 0 Å². The van der Waals surface area contributed by atoms with Gasteiger partial charge >= 0.3 is 5.69 Å². The average Bonchev–Trinajstić information content (AvgIpc) is 2.46. The van der Waals surface area contributed by atoms with Gasteiger partial charge in [0.15, 0.2) is 7.11 Å². The summed E-state index contributed by atoms with van der Waals surface area (Å²) in [5, 5.41) is 3.35. The minimum atomic E-state index is 0.524. The second-order valence-corrected chi connectivity index (χ2v) is 4.55. The zero-order chi connectivity index (χ0) is 13.0. The van der Waals surface area contributed by atoms with Crippen LogP contribution in [0.25, 0.3) is 0 Å². The maximum absolute atomic E-state index is 11.4. The van der Waals surface area contributed by atoms with E-state index in [2.05, 4.69) is 22.1 Å². The molecule has 1 heterocycles. The fraction of sp³-hybridized carbons (Fsp3) is 0.538. The third-order valence-corrected chi connectivity index (χ3v) is 3.47. The highest BCUT2D eigenvalue weighted by Gasteiger charge is 2.21. The molecule has 5 nitrogen and oxygen atoms in total. The van der Waals surface area contributed by atoms with Crippen LogP contribution in [0.3, 0.4) is 0 Å². The first kappa shape index (κ1) is 12.8. The third kappa shape index (κ3) is 2.79. The molecule has 2 rings (SSSR count). The lowest BCUT2D eigenvalue weighted by Crippen LogP contribution is -2.41. The predicted molar refractivity (Wildman–Crippen MR) is 71.0 cm³/mol. The second-order valence-electron chi connectivity index (χ2n) is 4.55. The lowest BCUT2D eigenvalue weighted by atomic mass is 10.0. The van der Waals surface area contributed by atoms with Crippen molar-refractivity contribution in [1.82, 2.24) is 5.32 Å². The van der Waals surface area contributed by atoms with Gasteiger partial charge in [-0.3, -0.25) is 0 Å². The maximum atomic E-state index is 11.4. The number of hydrogen-bond donors (Lipinski definition) is 1. The van der Waals surface area contributed by atoms with Crippen molar-refractivity contribution in [2.75, 3.05) is 32.1 Å². The first-order chi connectivity index (χ1) is 8.72. The van der Waals surface area contributed by atoms with Crippen molar-refractivity contribution in [3.05, 3.63) is 29.2 Å². The number of benzene rings is 1. The molecule has 0 bridgehead atoms. The van der Waals surface area contributed by atoms with E-state index < -0.39 is 0 Å². The van der Waals surface area contributed by atoms with Gasteiger partial charge in [0.1, 0.15) is 0 Å². The van der Waals surface area contributed by atoms with E-state index in [1.165, 1.54) is 7.11 Å². The Morgan fingerprint density at radius 3 is 2.78 bits per heavy atom. The molecule has 1 saturated heterocycles. The highest BCUT2D eigenvalue weighted by Crippen LogP contribution is 2.24. The van der Waals surface area contributed by atoms with Crippen LogP contribution in [0.5, 0.6) is 0 Å². The van der Waals surface area contributed by atoms with Gasteiger partial charge in [0.05, 0.1) is 4.91 Å². The molecule has 0 saturated carbocycles. The summed E-state index contributed by atoms with van der Waals surface area (Å²) < 4.78 is 0. The van der Waals surface area contributed by atoms with E-state index in [1.54, 1.807) is 6.07 Å². The molecule has 1 fully saturated rings. The SMILES string of the molecule is CO[N+](=O)c1cccc(N(C)C2CCNCC2)c1. The van der Waals surface area contributed by atoms with Crippen molar-refractivity contribution >= 4 is 11.4 Å². The Kier molecular flexibility index (Phi) is 4.15. The first-order valence-electron chi connectivity index (χ1n) is 6.27. The molecule has 98 valence electrons. The lowest BCUT2D eigenvalue weighted by molar-refractivity contribution is -0.736. The van der Waals surface area contributed by atoms with Gasteiger partial charge in [-0.2, -0.15) is 0 Å². The predicted octanol–water partition coefficient (Wildman–Crippen LogP) is 1.85. The second kappa shape index (κ2) is 5.82. The van der Waals surface area contributed by atoms with E-state index in [9.17, 15) is 4.91 Å². The molecule has 1 N–H and O–H groups in total. The van der Waals surface area contributed by atoms with E-state index >= 15 is 0 Å². The van der Waals surface area contributed by atoms with Gasteiger partial charge in [0.2, 0.25) is 0 Å². The van der Waals surface area contributed by atoms with E-state index in [-0.39, 0.29) is 0 Å². The van der Waals surface area contributed by atoms with Crippen LogP contribution in [0.1, 0.15) is 12.8 Å². The Balaban J connectivity index is 2.14. The van der Waals surface area contributed by atoms with Gasteiger partial charge in [-0.25, -0.2) is 4.84 Å². The van der Waals surface area contributed by atoms with Gasteiger partial charge in [0, 0.05) is 30.9 Å². The topological polar surface area (TPSA) is 44.6 Å². The molecule has 0 spiro atoms. The average molecular weight is 250 g/mol. The normalized spacial score (nSPS) is 16.3. The molecule has 0 radical (unpaired) electrons. The monoisotopic (exact) mass is 250 g/mol. The molecule has 0 atom stereocenters. The third-order valence-electron chi connectivity index (χ3n) is 3.47. The Bertz CT molecular complexity index is 416. The van der Waals surface area contributed by atoms with Gasteiger partial charge in [-0.05, 0) is 32.0 Å². The quantitative estimate of drug-likeness (QED) is 0.828. The number of nitrogens with one attached hydrogen (secondary N) is 1. The minimum Gasteiger partial charge on any atom is -0.371 e. The summed E-state index contributed by atoms with van der Waals surface area (Å²) in [5.41, 5.74) is 1.58. The van der Waals surface area contributed by atoms with Crippen LogP contribution in [0.4, 0.5) is 11.4 Å². The largest absolute Gasteiger partial charge is 0.371 e. The Hall–Kier alpha value is -1.62. The Morgan fingerprint density at radius 2 is 2.11 bits per heavy atom. The standard InChI is InChI=1S/C13H20N3O2/c1-15(11-6-8-14-9-7-11)12-4-3-5-13(10-12)16(17)18-2/h3-5,10-11,14H,6-9H2,1-2H3/q+1. The molecule has 1 aliphatic heterocycles. The molecular formula is C13H20N3O2+. The summed E-state index contributed by atoms with van der Waals surface area (Å²) >= 11 is 0. The zero-order valence-corrected chi connectivity index (χ0v) is 10.9. The Labute approximate surface area is 107 Å². The van der Waals surface area contributed by atoms with Crippen molar-refractivity contribution in [2.45, 2.75) is 18.9 Å². The number of rotatable bonds is 4. The number of anilines is 1. The summed E-state index contributed by atoms with van der Waals surface area (Å²) in [5.74, 6) is 0. The van der Waals surface area contributed by atoms with Crippen molar-refractivity contribution in [1.29, 1.82) is 0 Å².